The van der Waals surface area contributed by atoms with E-state index < -0.39 is 20.8 Å². The van der Waals surface area contributed by atoms with Crippen LogP contribution in [0.4, 0.5) is 0 Å². The number of halogens is 2. The molecule has 1 fully saturated rings. The summed E-state index contributed by atoms with van der Waals surface area (Å²) in [6.45, 7) is 15.5. The molecule has 1 aliphatic rings. The van der Waals surface area contributed by atoms with Gasteiger partial charge in [0.15, 0.2) is 0 Å². The molecule has 1 atom stereocenters. The van der Waals surface area contributed by atoms with E-state index in [1.165, 1.54) is 92.6 Å². The van der Waals surface area contributed by atoms with Gasteiger partial charge in [0.05, 0.1) is 0 Å². The summed E-state index contributed by atoms with van der Waals surface area (Å²) in [5.41, 5.74) is 11.1. The quantitative estimate of drug-likeness (QED) is 0.117. The van der Waals surface area contributed by atoms with E-state index in [1.54, 1.807) is 5.56 Å². The Hall–Kier alpha value is -2.22. The van der Waals surface area contributed by atoms with Gasteiger partial charge < -0.3 is 0 Å². The van der Waals surface area contributed by atoms with Gasteiger partial charge >= 0.3 is 37.9 Å². The second-order valence-electron chi connectivity index (χ2n) is 13.7. The van der Waals surface area contributed by atoms with E-state index in [1.807, 2.05) is 0 Å². The van der Waals surface area contributed by atoms with Crippen LogP contribution in [0.1, 0.15) is 99.8 Å². The van der Waals surface area contributed by atoms with Crippen LogP contribution in [-0.4, -0.2) is 9.52 Å². The van der Waals surface area contributed by atoms with Crippen molar-refractivity contribution in [3.05, 3.63) is 131 Å². The van der Waals surface area contributed by atoms with Gasteiger partial charge in [-0.2, -0.15) is 12.1 Å². The van der Waals surface area contributed by atoms with Gasteiger partial charge in [-0.05, 0) is 59.3 Å². The summed E-state index contributed by atoms with van der Waals surface area (Å²) in [5.74, 6) is 2.02. The monoisotopic (exact) mass is 780 g/mol. The van der Waals surface area contributed by atoms with E-state index in [0.717, 1.165) is 15.4 Å². The standard InChI is InChI=1S/C23H25.C20H21.C2H6Si.2ClH.Zr/c1-16(2)17-10-12-19(13-11-17)22-9-5-8-20-14-21(15-23(20)22)18-6-3-4-7-18;1-4-15(3)16-8-10-17(11-9-16)19-7-5-6-18-12-14(2)13-20(18)19;1-3-2;;;/h5,8-16,18H,3-4,6-7H2,1-2H3;5-13,15H,4H2,1-3H3;1-2H3;2*1H;/q2*-1;;;;+4/p-2. The van der Waals surface area contributed by atoms with E-state index in [-0.39, 0.29) is 0 Å². The van der Waals surface area contributed by atoms with Crippen LogP contribution in [0, 0.1) is 6.92 Å². The maximum absolute atomic E-state index is 4.93. The van der Waals surface area contributed by atoms with Crippen LogP contribution >= 0.6 is 17.0 Å². The molecule has 1 aliphatic carbocycles. The first-order valence-corrected chi connectivity index (χ1v) is 26.2. The third-order valence-electron chi connectivity index (χ3n) is 9.79. The molecule has 254 valence electrons. The fourth-order valence-electron chi connectivity index (χ4n) is 6.92. The van der Waals surface area contributed by atoms with E-state index in [0.29, 0.717) is 11.8 Å². The van der Waals surface area contributed by atoms with Gasteiger partial charge in [-0.15, -0.1) is 69.1 Å². The minimum absolute atomic E-state index is 0.590. The van der Waals surface area contributed by atoms with Gasteiger partial charge in [-0.3, -0.25) is 0 Å². The Morgan fingerprint density at radius 2 is 1.18 bits per heavy atom. The summed E-state index contributed by atoms with van der Waals surface area (Å²) in [6, 6.07) is 40.9. The first-order valence-electron chi connectivity index (χ1n) is 17.8. The molecule has 0 N–H and O–H groups in total. The Bertz CT molecular complexity index is 1840. The first-order chi connectivity index (χ1) is 23.7. The molecule has 0 heterocycles. The van der Waals surface area contributed by atoms with E-state index >= 15 is 0 Å². The molecule has 1 saturated carbocycles. The number of aryl methyl sites for hydroxylation is 1. The third-order valence-corrected chi connectivity index (χ3v) is 9.79. The molecule has 49 heavy (non-hydrogen) atoms. The summed E-state index contributed by atoms with van der Waals surface area (Å²) in [5, 5.41) is 5.52. The molecule has 7 rings (SSSR count). The van der Waals surface area contributed by atoms with Crippen LogP contribution in [0.2, 0.25) is 13.1 Å². The van der Waals surface area contributed by atoms with Gasteiger partial charge in [-0.1, -0.05) is 132 Å². The van der Waals surface area contributed by atoms with Crippen molar-refractivity contribution in [3.63, 3.8) is 0 Å². The van der Waals surface area contributed by atoms with Gasteiger partial charge in [-0.25, -0.2) is 0 Å². The van der Waals surface area contributed by atoms with Gasteiger partial charge in [0.25, 0.3) is 0 Å². The van der Waals surface area contributed by atoms with Crippen molar-refractivity contribution in [2.24, 2.45) is 0 Å². The van der Waals surface area contributed by atoms with Crippen molar-refractivity contribution in [3.8, 4) is 22.3 Å². The van der Waals surface area contributed by atoms with Crippen LogP contribution < -0.4 is 0 Å². The van der Waals surface area contributed by atoms with Crippen LogP contribution in [0.25, 0.3) is 43.8 Å². The second-order valence-corrected chi connectivity index (χ2v) is 18.4. The number of fused-ring (bicyclic) bond motifs is 2. The van der Waals surface area contributed by atoms with E-state index in [9.17, 15) is 0 Å². The Labute approximate surface area is 317 Å². The Morgan fingerprint density at radius 3 is 1.67 bits per heavy atom. The summed E-state index contributed by atoms with van der Waals surface area (Å²) < 4.78 is 0. The predicted molar refractivity (Wildman–Crippen MR) is 218 cm³/mol. The summed E-state index contributed by atoms with van der Waals surface area (Å²) >= 11 is -0.826. The fourth-order valence-corrected chi connectivity index (χ4v) is 6.92. The minimum atomic E-state index is -0.826. The number of benzene rings is 4. The van der Waals surface area contributed by atoms with Crippen molar-refractivity contribution < 1.29 is 20.8 Å². The van der Waals surface area contributed by atoms with Crippen molar-refractivity contribution >= 4 is 48.1 Å². The fraction of sp³-hybridized carbons (Fsp3) is 0.333. The van der Waals surface area contributed by atoms with Crippen LogP contribution in [-0.2, 0) is 20.8 Å². The molecule has 4 heteroatoms. The third kappa shape index (κ3) is 10.6. The Kier molecular flexibility index (Phi) is 16.1. The normalized spacial score (nSPS) is 13.2. The molecular weight excluding hydrogens is 731 g/mol. The molecule has 0 amide bonds. The second kappa shape index (κ2) is 20.0. The maximum atomic E-state index is 4.93. The topological polar surface area (TPSA) is 0 Å². The molecule has 0 spiro atoms. The molecule has 0 saturated heterocycles. The predicted octanol–water partition coefficient (Wildman–Crippen LogP) is 15.2. The van der Waals surface area contributed by atoms with Crippen LogP contribution in [0.3, 0.4) is 0 Å². The SMILES string of the molecule is CC(C)c1ccc(-c2cccc3[cH-]c(C4CCCC4)cc23)cc1.CCC(C)c1ccc(-c2cccc3[cH-]c(C)cc23)cc1.C[Si]C.[Cl][Zr+2][Cl]. The summed E-state index contributed by atoms with van der Waals surface area (Å²) in [6.07, 6.45) is 6.73. The van der Waals surface area contributed by atoms with Crippen LogP contribution in [0.5, 0.6) is 0 Å². The number of rotatable bonds is 6. The molecule has 0 aromatic heterocycles. The summed E-state index contributed by atoms with van der Waals surface area (Å²) in [4.78, 5) is 0. The molecule has 2 radical (unpaired) electrons. The number of hydrogen-bond donors (Lipinski definition) is 0. The zero-order valence-electron chi connectivity index (χ0n) is 30.4. The Morgan fingerprint density at radius 1 is 0.714 bits per heavy atom. The molecule has 6 aromatic carbocycles. The number of hydrogen-bond acceptors (Lipinski definition) is 0. The zero-order chi connectivity index (χ0) is 35.3. The average Bonchev–Trinajstić information content (AvgIpc) is 3.88. The molecule has 1 unspecified atom stereocenters. The van der Waals surface area contributed by atoms with Crippen molar-refractivity contribution in [2.45, 2.75) is 97.6 Å². The Balaban J connectivity index is 0.000000192. The van der Waals surface area contributed by atoms with Crippen molar-refractivity contribution in [1.82, 2.24) is 0 Å². The van der Waals surface area contributed by atoms with Crippen molar-refractivity contribution in [2.75, 3.05) is 0 Å². The molecular formula is C45H52Cl2SiZr. The van der Waals surface area contributed by atoms with E-state index in [2.05, 4.69) is 157 Å². The molecule has 6 aromatic rings. The molecule has 0 aliphatic heterocycles. The van der Waals surface area contributed by atoms with Gasteiger partial charge in [0.2, 0.25) is 0 Å². The molecule has 0 nitrogen and oxygen atoms in total. The average molecular weight is 783 g/mol. The zero-order valence-corrected chi connectivity index (χ0v) is 35.4. The van der Waals surface area contributed by atoms with E-state index in [4.69, 9.17) is 17.0 Å². The first kappa shape index (κ1) is 39.6. The summed E-state index contributed by atoms with van der Waals surface area (Å²) in [7, 11) is 11.0. The van der Waals surface area contributed by atoms with Crippen LogP contribution in [0.15, 0.2) is 109 Å². The van der Waals surface area contributed by atoms with Gasteiger partial charge in [0, 0.05) is 9.52 Å². The van der Waals surface area contributed by atoms with Crippen molar-refractivity contribution in [1.29, 1.82) is 0 Å². The van der Waals surface area contributed by atoms with Gasteiger partial charge in [0.1, 0.15) is 0 Å². The molecule has 0 bridgehead atoms.